The number of benzene rings is 1. The Bertz CT molecular complexity index is 476. The number of hydrogen-bond donors (Lipinski definition) is 1. The monoisotopic (exact) mass is 300 g/mol. The van der Waals surface area contributed by atoms with Gasteiger partial charge in [0.25, 0.3) is 5.69 Å². The third-order valence-electron chi connectivity index (χ3n) is 3.36. The average Bonchev–Trinajstić information content (AvgIpc) is 2.78. The highest BCUT2D eigenvalue weighted by Crippen LogP contribution is 2.37. The van der Waals surface area contributed by atoms with Crippen LogP contribution in [0.2, 0.25) is 5.02 Å². The van der Waals surface area contributed by atoms with Crippen molar-refractivity contribution < 1.29 is 4.92 Å². The molecule has 4 nitrogen and oxygen atoms in total. The van der Waals surface area contributed by atoms with E-state index in [-0.39, 0.29) is 15.4 Å². The molecule has 0 aromatic heterocycles. The number of nitrogens with zero attached hydrogens (tertiary/aromatic N) is 1. The molecule has 1 atom stereocenters. The minimum Gasteiger partial charge on any atom is -0.311 e. The highest BCUT2D eigenvalue weighted by molar-refractivity contribution is 8.00. The van der Waals surface area contributed by atoms with Gasteiger partial charge in [0, 0.05) is 34.5 Å². The summed E-state index contributed by atoms with van der Waals surface area (Å²) in [4.78, 5) is 10.6. The van der Waals surface area contributed by atoms with Crippen LogP contribution in [0.25, 0.3) is 0 Å². The first kappa shape index (κ1) is 14.6. The lowest BCUT2D eigenvalue weighted by Crippen LogP contribution is -2.32. The third-order valence-corrected chi connectivity index (χ3v) is 5.13. The zero-order valence-electron chi connectivity index (χ0n) is 10.8. The Kier molecular flexibility index (Phi) is 4.71. The Morgan fingerprint density at radius 3 is 3.00 bits per heavy atom. The van der Waals surface area contributed by atoms with Crippen molar-refractivity contribution >= 4 is 29.1 Å². The molecule has 1 aliphatic rings. The van der Waals surface area contributed by atoms with Crippen molar-refractivity contribution in [2.24, 2.45) is 0 Å². The van der Waals surface area contributed by atoms with Gasteiger partial charge in [0.1, 0.15) is 0 Å². The second-order valence-corrected chi connectivity index (χ2v) is 7.15. The molecule has 1 fully saturated rings. The topological polar surface area (TPSA) is 55.2 Å². The van der Waals surface area contributed by atoms with Gasteiger partial charge < -0.3 is 5.32 Å². The number of hydrogen-bond acceptors (Lipinski definition) is 4. The molecule has 1 aliphatic heterocycles. The molecule has 0 spiro atoms. The van der Waals surface area contributed by atoms with Crippen molar-refractivity contribution in [3.8, 4) is 0 Å². The molecule has 1 N–H and O–H groups in total. The van der Waals surface area contributed by atoms with Crippen LogP contribution in [0.4, 0.5) is 5.69 Å². The molecular formula is C13H17ClN2O2S. The minimum absolute atomic E-state index is 0.0872. The van der Waals surface area contributed by atoms with E-state index in [0.717, 1.165) is 6.54 Å². The highest BCUT2D eigenvalue weighted by atomic mass is 35.5. The summed E-state index contributed by atoms with van der Waals surface area (Å²) in [6.07, 6.45) is 2.46. The zero-order valence-corrected chi connectivity index (χ0v) is 12.4. The van der Waals surface area contributed by atoms with Gasteiger partial charge in [-0.25, -0.2) is 0 Å². The van der Waals surface area contributed by atoms with E-state index in [9.17, 15) is 10.1 Å². The summed E-state index contributed by atoms with van der Waals surface area (Å²) < 4.78 is 0.265. The lowest BCUT2D eigenvalue weighted by Gasteiger charge is -2.22. The van der Waals surface area contributed by atoms with Crippen molar-refractivity contribution in [3.63, 3.8) is 0 Å². The van der Waals surface area contributed by atoms with Gasteiger partial charge in [-0.05, 0) is 37.7 Å². The summed E-state index contributed by atoms with van der Waals surface area (Å²) >= 11 is 7.77. The quantitative estimate of drug-likeness (QED) is 0.666. The molecule has 1 heterocycles. The Balaban J connectivity index is 1.97. The van der Waals surface area contributed by atoms with E-state index < -0.39 is 0 Å². The summed E-state index contributed by atoms with van der Waals surface area (Å²) in [5.41, 5.74) is 0.769. The molecule has 0 bridgehead atoms. The fraction of sp³-hybridized carbons (Fsp3) is 0.538. The van der Waals surface area contributed by atoms with E-state index in [1.165, 1.54) is 24.7 Å². The Labute approximate surface area is 122 Å². The Hall–Kier alpha value is -0.780. The van der Waals surface area contributed by atoms with Gasteiger partial charge in [-0.3, -0.25) is 10.1 Å². The predicted molar refractivity (Wildman–Crippen MR) is 79.9 cm³/mol. The molecule has 19 heavy (non-hydrogen) atoms. The third kappa shape index (κ3) is 3.84. The Morgan fingerprint density at radius 2 is 2.37 bits per heavy atom. The first-order chi connectivity index (χ1) is 9.00. The second kappa shape index (κ2) is 6.11. The Morgan fingerprint density at radius 1 is 1.58 bits per heavy atom. The summed E-state index contributed by atoms with van der Waals surface area (Å²) in [6, 6.07) is 4.82. The van der Waals surface area contributed by atoms with Gasteiger partial charge in [0.05, 0.1) is 4.92 Å². The van der Waals surface area contributed by atoms with Crippen molar-refractivity contribution in [3.05, 3.63) is 38.9 Å². The molecule has 6 heteroatoms. The lowest BCUT2D eigenvalue weighted by atomic mass is 10.1. The molecule has 1 unspecified atom stereocenters. The van der Waals surface area contributed by atoms with Gasteiger partial charge in [0.2, 0.25) is 0 Å². The SMILES string of the molecule is CC1(CNCc2ccc(Cl)cc2[N+](=O)[O-])CCCS1. The van der Waals surface area contributed by atoms with Crippen LogP contribution in [0.1, 0.15) is 25.3 Å². The maximum Gasteiger partial charge on any atom is 0.275 e. The molecule has 0 aliphatic carbocycles. The first-order valence-corrected chi connectivity index (χ1v) is 7.64. The number of nitro benzene ring substituents is 1. The van der Waals surface area contributed by atoms with Crippen LogP contribution >= 0.6 is 23.4 Å². The molecule has 104 valence electrons. The van der Waals surface area contributed by atoms with Crippen LogP contribution in [-0.2, 0) is 6.54 Å². The van der Waals surface area contributed by atoms with Crippen molar-refractivity contribution in [1.82, 2.24) is 5.32 Å². The smallest absolute Gasteiger partial charge is 0.275 e. The van der Waals surface area contributed by atoms with Crippen LogP contribution < -0.4 is 5.32 Å². The number of halogens is 1. The standard InChI is InChI=1S/C13H17ClN2O2S/c1-13(5-2-6-19-13)9-15-8-10-3-4-11(14)7-12(10)16(17)18/h3-4,7,15H,2,5-6,8-9H2,1H3. The second-order valence-electron chi connectivity index (χ2n) is 5.04. The van der Waals surface area contributed by atoms with Crippen molar-refractivity contribution in [2.75, 3.05) is 12.3 Å². The van der Waals surface area contributed by atoms with E-state index in [4.69, 9.17) is 11.6 Å². The molecule has 1 aromatic rings. The zero-order chi connectivity index (χ0) is 13.9. The number of rotatable bonds is 5. The van der Waals surface area contributed by atoms with Gasteiger partial charge in [0.15, 0.2) is 0 Å². The van der Waals surface area contributed by atoms with E-state index in [0.29, 0.717) is 17.1 Å². The van der Waals surface area contributed by atoms with Gasteiger partial charge in [-0.2, -0.15) is 11.8 Å². The van der Waals surface area contributed by atoms with E-state index in [2.05, 4.69) is 12.2 Å². The van der Waals surface area contributed by atoms with Crippen LogP contribution in [-0.4, -0.2) is 22.0 Å². The van der Waals surface area contributed by atoms with Crippen molar-refractivity contribution in [2.45, 2.75) is 31.1 Å². The molecule has 1 saturated heterocycles. The van der Waals surface area contributed by atoms with Crippen LogP contribution in [0.15, 0.2) is 18.2 Å². The van der Waals surface area contributed by atoms with Gasteiger partial charge in [-0.15, -0.1) is 0 Å². The fourth-order valence-corrected chi connectivity index (χ4v) is 3.73. The summed E-state index contributed by atoms with van der Waals surface area (Å²) in [7, 11) is 0. The van der Waals surface area contributed by atoms with Gasteiger partial charge >= 0.3 is 0 Å². The molecular weight excluding hydrogens is 284 g/mol. The first-order valence-electron chi connectivity index (χ1n) is 6.28. The minimum atomic E-state index is -0.380. The summed E-state index contributed by atoms with van der Waals surface area (Å²) in [6.45, 7) is 3.62. The maximum absolute atomic E-state index is 11.0. The number of thioether (sulfide) groups is 1. The largest absolute Gasteiger partial charge is 0.311 e. The normalized spacial score (nSPS) is 22.6. The van der Waals surface area contributed by atoms with E-state index in [1.54, 1.807) is 12.1 Å². The maximum atomic E-state index is 11.0. The molecule has 0 radical (unpaired) electrons. The van der Waals surface area contributed by atoms with E-state index >= 15 is 0 Å². The number of nitrogens with one attached hydrogen (secondary N) is 1. The molecule has 2 rings (SSSR count). The fourth-order valence-electron chi connectivity index (χ4n) is 2.29. The van der Waals surface area contributed by atoms with Gasteiger partial charge in [-0.1, -0.05) is 11.6 Å². The summed E-state index contributed by atoms with van der Waals surface area (Å²) in [5, 5.41) is 14.7. The highest BCUT2D eigenvalue weighted by Gasteiger charge is 2.29. The van der Waals surface area contributed by atoms with Crippen molar-refractivity contribution in [1.29, 1.82) is 0 Å². The predicted octanol–water partition coefficient (Wildman–Crippen LogP) is 3.62. The average molecular weight is 301 g/mol. The van der Waals surface area contributed by atoms with Crippen LogP contribution in [0.5, 0.6) is 0 Å². The van der Waals surface area contributed by atoms with Crippen LogP contribution in [0.3, 0.4) is 0 Å². The molecule has 0 saturated carbocycles. The lowest BCUT2D eigenvalue weighted by molar-refractivity contribution is -0.385. The number of nitro groups is 1. The van der Waals surface area contributed by atoms with Crippen LogP contribution in [0, 0.1) is 10.1 Å². The summed E-state index contributed by atoms with van der Waals surface area (Å²) in [5.74, 6) is 1.21. The molecule has 0 amide bonds. The van der Waals surface area contributed by atoms with E-state index in [1.807, 2.05) is 11.8 Å². The molecule has 1 aromatic carbocycles.